The average Bonchev–Trinajstić information content (AvgIpc) is 2.42. The molecule has 0 aliphatic heterocycles. The van der Waals surface area contributed by atoms with Crippen molar-refractivity contribution in [2.24, 2.45) is 0 Å². The van der Waals surface area contributed by atoms with Crippen LogP contribution in [-0.4, -0.2) is 23.2 Å². The van der Waals surface area contributed by atoms with Gasteiger partial charge < -0.3 is 10.4 Å². The van der Waals surface area contributed by atoms with Gasteiger partial charge in [0.05, 0.1) is 0 Å². The van der Waals surface area contributed by atoms with Crippen LogP contribution in [-0.2, 0) is 10.2 Å². The number of benzene rings is 1. The molecular weight excluding hydrogens is 238 g/mol. The average molecular weight is 261 g/mol. The molecule has 0 spiro atoms. The van der Waals surface area contributed by atoms with Gasteiger partial charge in [-0.1, -0.05) is 37.3 Å². The summed E-state index contributed by atoms with van der Waals surface area (Å²) < 4.78 is 0. The summed E-state index contributed by atoms with van der Waals surface area (Å²) in [6.45, 7) is 4.03. The number of hydrogen-bond acceptors (Lipinski definition) is 2. The van der Waals surface area contributed by atoms with Gasteiger partial charge >= 0.3 is 5.97 Å². The van der Waals surface area contributed by atoms with E-state index in [-0.39, 0.29) is 5.41 Å². The van der Waals surface area contributed by atoms with E-state index < -0.39 is 12.0 Å². The standard InChI is InChI=1S/C16H23NO2/c1-12(15(18)19)17-14-8-10-16(2,11-9-14)13-6-4-3-5-7-13/h3-7,12,14,17H,8-11H2,1-2H3,(H,18,19)/t12-,14?,16?/m0/s1. The first-order valence-corrected chi connectivity index (χ1v) is 7.06. The van der Waals surface area contributed by atoms with Crippen LogP contribution < -0.4 is 5.32 Å². The minimum absolute atomic E-state index is 0.242. The van der Waals surface area contributed by atoms with Gasteiger partial charge in [0, 0.05) is 6.04 Å². The fourth-order valence-electron chi connectivity index (χ4n) is 2.98. The topological polar surface area (TPSA) is 49.3 Å². The van der Waals surface area contributed by atoms with E-state index in [1.54, 1.807) is 6.92 Å². The van der Waals surface area contributed by atoms with Crippen LogP contribution in [0.2, 0.25) is 0 Å². The summed E-state index contributed by atoms with van der Waals surface area (Å²) in [6, 6.07) is 10.5. The van der Waals surface area contributed by atoms with Gasteiger partial charge in [0.1, 0.15) is 6.04 Å². The van der Waals surface area contributed by atoms with Crippen LogP contribution in [0.3, 0.4) is 0 Å². The predicted molar refractivity (Wildman–Crippen MR) is 76.3 cm³/mol. The smallest absolute Gasteiger partial charge is 0.320 e. The van der Waals surface area contributed by atoms with Crippen LogP contribution in [0.25, 0.3) is 0 Å². The molecule has 3 heteroatoms. The van der Waals surface area contributed by atoms with Crippen LogP contribution in [0.4, 0.5) is 0 Å². The number of nitrogens with one attached hydrogen (secondary N) is 1. The van der Waals surface area contributed by atoms with Crippen molar-refractivity contribution in [2.45, 2.75) is 57.0 Å². The zero-order chi connectivity index (χ0) is 13.9. The Hall–Kier alpha value is -1.35. The van der Waals surface area contributed by atoms with E-state index >= 15 is 0 Å². The molecule has 1 aromatic carbocycles. The molecule has 0 amide bonds. The summed E-state index contributed by atoms with van der Waals surface area (Å²) in [5.41, 5.74) is 1.64. The maximum atomic E-state index is 10.9. The second kappa shape index (κ2) is 5.74. The number of hydrogen-bond donors (Lipinski definition) is 2. The number of carboxylic acids is 1. The zero-order valence-electron chi connectivity index (χ0n) is 11.7. The second-order valence-corrected chi connectivity index (χ2v) is 5.93. The Morgan fingerprint density at radius 1 is 1.32 bits per heavy atom. The number of aliphatic carboxylic acids is 1. The van der Waals surface area contributed by atoms with E-state index in [4.69, 9.17) is 5.11 Å². The number of carboxylic acid groups (broad SMARTS) is 1. The monoisotopic (exact) mass is 261 g/mol. The Labute approximate surface area is 115 Å². The van der Waals surface area contributed by atoms with E-state index in [9.17, 15) is 4.79 Å². The van der Waals surface area contributed by atoms with Crippen LogP contribution in [0, 0.1) is 0 Å². The molecule has 2 N–H and O–H groups in total. The van der Waals surface area contributed by atoms with Gasteiger partial charge in [0.2, 0.25) is 0 Å². The fraction of sp³-hybridized carbons (Fsp3) is 0.562. The van der Waals surface area contributed by atoms with Crippen molar-refractivity contribution in [3.8, 4) is 0 Å². The summed E-state index contributed by atoms with van der Waals surface area (Å²) in [5, 5.41) is 12.1. The molecular formula is C16H23NO2. The van der Waals surface area contributed by atoms with Crippen LogP contribution in [0.5, 0.6) is 0 Å². The van der Waals surface area contributed by atoms with Gasteiger partial charge in [-0.25, -0.2) is 0 Å². The largest absolute Gasteiger partial charge is 0.480 e. The minimum atomic E-state index is -0.767. The summed E-state index contributed by atoms with van der Waals surface area (Å²) in [7, 11) is 0. The Morgan fingerprint density at radius 2 is 1.89 bits per heavy atom. The lowest BCUT2D eigenvalue weighted by Crippen LogP contribution is -2.45. The molecule has 0 unspecified atom stereocenters. The second-order valence-electron chi connectivity index (χ2n) is 5.93. The van der Waals surface area contributed by atoms with E-state index in [2.05, 4.69) is 42.6 Å². The zero-order valence-corrected chi connectivity index (χ0v) is 11.7. The molecule has 0 bridgehead atoms. The lowest BCUT2D eigenvalue weighted by Gasteiger charge is -2.38. The fourth-order valence-corrected chi connectivity index (χ4v) is 2.98. The molecule has 1 aromatic rings. The Morgan fingerprint density at radius 3 is 2.42 bits per heavy atom. The highest BCUT2D eigenvalue weighted by molar-refractivity contribution is 5.72. The molecule has 19 heavy (non-hydrogen) atoms. The van der Waals surface area contributed by atoms with E-state index in [1.807, 2.05) is 0 Å². The maximum absolute atomic E-state index is 10.9. The summed E-state index contributed by atoms with van der Waals surface area (Å²) in [6.07, 6.45) is 4.31. The molecule has 1 saturated carbocycles. The molecule has 1 atom stereocenters. The number of carbonyl (C=O) groups is 1. The van der Waals surface area contributed by atoms with Crippen molar-refractivity contribution in [1.29, 1.82) is 0 Å². The lowest BCUT2D eigenvalue weighted by atomic mass is 9.69. The first kappa shape index (κ1) is 14.1. The molecule has 1 fully saturated rings. The third-order valence-electron chi connectivity index (χ3n) is 4.42. The summed E-state index contributed by atoms with van der Waals surface area (Å²) in [4.78, 5) is 10.9. The van der Waals surface area contributed by atoms with Crippen LogP contribution in [0.15, 0.2) is 30.3 Å². The van der Waals surface area contributed by atoms with Crippen molar-refractivity contribution in [2.75, 3.05) is 0 Å². The highest BCUT2D eigenvalue weighted by Crippen LogP contribution is 2.38. The first-order valence-electron chi connectivity index (χ1n) is 7.06. The SMILES string of the molecule is C[C@H](NC1CCC(C)(c2ccccc2)CC1)C(=O)O. The molecule has 0 heterocycles. The van der Waals surface area contributed by atoms with Gasteiger partial charge in [-0.15, -0.1) is 0 Å². The molecule has 2 rings (SSSR count). The molecule has 0 radical (unpaired) electrons. The lowest BCUT2D eigenvalue weighted by molar-refractivity contribution is -0.139. The summed E-state index contributed by atoms with van der Waals surface area (Å²) >= 11 is 0. The van der Waals surface area contributed by atoms with Crippen molar-refractivity contribution < 1.29 is 9.90 Å². The quantitative estimate of drug-likeness (QED) is 0.876. The van der Waals surface area contributed by atoms with E-state index in [0.29, 0.717) is 6.04 Å². The van der Waals surface area contributed by atoms with Gasteiger partial charge in [0.25, 0.3) is 0 Å². The van der Waals surface area contributed by atoms with Crippen LogP contribution in [0.1, 0.15) is 45.1 Å². The van der Waals surface area contributed by atoms with Gasteiger partial charge in [0.15, 0.2) is 0 Å². The predicted octanol–water partition coefficient (Wildman–Crippen LogP) is 2.95. The van der Waals surface area contributed by atoms with Gasteiger partial charge in [-0.05, 0) is 43.6 Å². The van der Waals surface area contributed by atoms with Crippen molar-refractivity contribution in [3.63, 3.8) is 0 Å². The van der Waals surface area contributed by atoms with Gasteiger partial charge in [-0.3, -0.25) is 4.79 Å². The Balaban J connectivity index is 1.94. The number of rotatable bonds is 4. The minimum Gasteiger partial charge on any atom is -0.480 e. The Kier molecular flexibility index (Phi) is 4.25. The molecule has 0 saturated heterocycles. The third-order valence-corrected chi connectivity index (χ3v) is 4.42. The van der Waals surface area contributed by atoms with E-state index in [0.717, 1.165) is 25.7 Å². The Bertz CT molecular complexity index is 422. The first-order chi connectivity index (χ1) is 9.01. The molecule has 0 aromatic heterocycles. The molecule has 1 aliphatic carbocycles. The third kappa shape index (κ3) is 3.35. The highest BCUT2D eigenvalue weighted by atomic mass is 16.4. The van der Waals surface area contributed by atoms with Crippen LogP contribution >= 0.6 is 0 Å². The highest BCUT2D eigenvalue weighted by Gasteiger charge is 2.33. The van der Waals surface area contributed by atoms with Gasteiger partial charge in [-0.2, -0.15) is 0 Å². The molecule has 104 valence electrons. The van der Waals surface area contributed by atoms with Crippen molar-refractivity contribution in [1.82, 2.24) is 5.32 Å². The molecule has 1 aliphatic rings. The molecule has 3 nitrogen and oxygen atoms in total. The maximum Gasteiger partial charge on any atom is 0.320 e. The normalized spacial score (nSPS) is 28.8. The van der Waals surface area contributed by atoms with Crippen molar-refractivity contribution >= 4 is 5.97 Å². The van der Waals surface area contributed by atoms with E-state index in [1.165, 1.54) is 5.56 Å². The van der Waals surface area contributed by atoms with Crippen molar-refractivity contribution in [3.05, 3.63) is 35.9 Å². The summed E-state index contributed by atoms with van der Waals surface area (Å²) in [5.74, 6) is -0.767.